The van der Waals surface area contributed by atoms with Crippen molar-refractivity contribution >= 4 is 0 Å². The zero-order valence-corrected chi connectivity index (χ0v) is 13.6. The average Bonchev–Trinajstić information content (AvgIpc) is 2.45. The van der Waals surface area contributed by atoms with Gasteiger partial charge in [-0.3, -0.25) is 0 Å². The lowest BCUT2D eigenvalue weighted by Gasteiger charge is -2.39. The minimum Gasteiger partial charge on any atom is -0.385 e. The van der Waals surface area contributed by atoms with Crippen LogP contribution in [0.5, 0.6) is 0 Å². The fourth-order valence-electron chi connectivity index (χ4n) is 3.66. The second kappa shape index (κ2) is 9.77. The molecule has 0 aromatic heterocycles. The fourth-order valence-corrected chi connectivity index (χ4v) is 3.66. The highest BCUT2D eigenvalue weighted by molar-refractivity contribution is 4.84. The van der Waals surface area contributed by atoms with Crippen molar-refractivity contribution in [2.24, 2.45) is 23.7 Å². The first kappa shape index (κ1) is 17.0. The molecule has 114 valence electrons. The summed E-state index contributed by atoms with van der Waals surface area (Å²) in [6.07, 6.45) is 8.15. The summed E-state index contributed by atoms with van der Waals surface area (Å²) in [5, 5.41) is 3.65. The van der Waals surface area contributed by atoms with E-state index in [2.05, 4.69) is 26.1 Å². The molecule has 0 saturated heterocycles. The maximum atomic E-state index is 5.27. The van der Waals surface area contributed by atoms with Crippen LogP contribution in [-0.4, -0.2) is 26.8 Å². The minimum atomic E-state index is 0.808. The Morgan fingerprint density at radius 3 is 2.68 bits per heavy atom. The first-order valence-electron chi connectivity index (χ1n) is 8.42. The van der Waals surface area contributed by atoms with Gasteiger partial charge in [0.05, 0.1) is 0 Å². The highest BCUT2D eigenvalue weighted by atomic mass is 16.5. The Balaban J connectivity index is 2.49. The highest BCUT2D eigenvalue weighted by Crippen LogP contribution is 2.40. The van der Waals surface area contributed by atoms with E-state index in [1.165, 1.54) is 51.6 Å². The summed E-state index contributed by atoms with van der Waals surface area (Å²) in [7, 11) is 1.82. The van der Waals surface area contributed by atoms with Crippen LogP contribution in [0, 0.1) is 23.7 Å². The van der Waals surface area contributed by atoms with Crippen molar-refractivity contribution in [3.8, 4) is 0 Å². The van der Waals surface area contributed by atoms with Gasteiger partial charge in [-0.2, -0.15) is 0 Å². The average molecular weight is 269 g/mol. The van der Waals surface area contributed by atoms with Gasteiger partial charge < -0.3 is 10.1 Å². The molecule has 0 heterocycles. The maximum Gasteiger partial charge on any atom is 0.0464 e. The molecule has 1 rings (SSSR count). The zero-order chi connectivity index (χ0) is 14.1. The third kappa shape index (κ3) is 5.83. The molecule has 1 aliphatic rings. The Labute approximate surface area is 120 Å². The van der Waals surface area contributed by atoms with Gasteiger partial charge in [0.1, 0.15) is 0 Å². The number of rotatable bonds is 9. The summed E-state index contributed by atoms with van der Waals surface area (Å²) in [6.45, 7) is 10.4. The molecule has 0 aromatic carbocycles. The molecule has 0 radical (unpaired) electrons. The van der Waals surface area contributed by atoms with E-state index in [0.717, 1.165) is 30.3 Å². The normalized spacial score (nSPS) is 29.4. The van der Waals surface area contributed by atoms with Crippen LogP contribution in [0.4, 0.5) is 0 Å². The molecule has 0 bridgehead atoms. The highest BCUT2D eigenvalue weighted by Gasteiger charge is 2.32. The second-order valence-electron chi connectivity index (χ2n) is 6.47. The van der Waals surface area contributed by atoms with Gasteiger partial charge in [-0.1, -0.05) is 33.6 Å². The molecule has 1 aliphatic carbocycles. The van der Waals surface area contributed by atoms with Crippen LogP contribution in [0.25, 0.3) is 0 Å². The molecule has 4 atom stereocenters. The van der Waals surface area contributed by atoms with E-state index in [9.17, 15) is 0 Å². The van der Waals surface area contributed by atoms with Gasteiger partial charge in [-0.25, -0.2) is 0 Å². The summed E-state index contributed by atoms with van der Waals surface area (Å²) in [6, 6.07) is 0. The van der Waals surface area contributed by atoms with E-state index in [1.54, 1.807) is 0 Å². The van der Waals surface area contributed by atoms with Crippen molar-refractivity contribution < 1.29 is 4.74 Å². The number of ether oxygens (including phenoxy) is 1. The molecule has 19 heavy (non-hydrogen) atoms. The first-order valence-corrected chi connectivity index (χ1v) is 8.42. The fraction of sp³-hybridized carbons (Fsp3) is 1.00. The van der Waals surface area contributed by atoms with Crippen molar-refractivity contribution in [1.29, 1.82) is 0 Å². The standard InChI is InChI=1S/C17H35NO/c1-5-10-18-13-16-8-7-15(6-2)12-17(16)14(3)9-11-19-4/h14-18H,5-13H2,1-4H3. The van der Waals surface area contributed by atoms with E-state index in [1.807, 2.05) is 7.11 Å². The molecule has 2 nitrogen and oxygen atoms in total. The summed E-state index contributed by atoms with van der Waals surface area (Å²) < 4.78 is 5.27. The van der Waals surface area contributed by atoms with E-state index in [0.29, 0.717) is 0 Å². The summed E-state index contributed by atoms with van der Waals surface area (Å²) in [5.41, 5.74) is 0. The summed E-state index contributed by atoms with van der Waals surface area (Å²) in [4.78, 5) is 0. The Bertz CT molecular complexity index is 217. The van der Waals surface area contributed by atoms with Crippen LogP contribution in [0.1, 0.15) is 59.3 Å². The van der Waals surface area contributed by atoms with E-state index in [-0.39, 0.29) is 0 Å². The first-order chi connectivity index (χ1) is 9.22. The molecule has 0 amide bonds. The van der Waals surface area contributed by atoms with Crippen molar-refractivity contribution in [1.82, 2.24) is 5.32 Å². The maximum absolute atomic E-state index is 5.27. The van der Waals surface area contributed by atoms with Crippen LogP contribution in [-0.2, 0) is 4.74 Å². The Morgan fingerprint density at radius 2 is 2.05 bits per heavy atom. The lowest BCUT2D eigenvalue weighted by atomic mass is 9.68. The number of nitrogens with one attached hydrogen (secondary N) is 1. The molecular formula is C17H35NO. The predicted molar refractivity (Wildman–Crippen MR) is 83.4 cm³/mol. The lowest BCUT2D eigenvalue weighted by molar-refractivity contribution is 0.0958. The molecule has 1 fully saturated rings. The Morgan fingerprint density at radius 1 is 1.26 bits per heavy atom. The largest absolute Gasteiger partial charge is 0.385 e. The third-order valence-electron chi connectivity index (χ3n) is 5.08. The Hall–Kier alpha value is -0.0800. The molecule has 0 aliphatic heterocycles. The molecule has 1 N–H and O–H groups in total. The van der Waals surface area contributed by atoms with Gasteiger partial charge in [0, 0.05) is 13.7 Å². The molecule has 1 saturated carbocycles. The van der Waals surface area contributed by atoms with Gasteiger partial charge in [0.25, 0.3) is 0 Å². The third-order valence-corrected chi connectivity index (χ3v) is 5.08. The van der Waals surface area contributed by atoms with Crippen LogP contribution in [0.15, 0.2) is 0 Å². The smallest absolute Gasteiger partial charge is 0.0464 e. The van der Waals surface area contributed by atoms with Crippen LogP contribution < -0.4 is 5.32 Å². The van der Waals surface area contributed by atoms with Crippen molar-refractivity contribution in [3.05, 3.63) is 0 Å². The van der Waals surface area contributed by atoms with Gasteiger partial charge in [0.2, 0.25) is 0 Å². The van der Waals surface area contributed by atoms with Gasteiger partial charge >= 0.3 is 0 Å². The predicted octanol–water partition coefficient (Wildman–Crippen LogP) is 4.10. The number of hydrogen-bond acceptors (Lipinski definition) is 2. The van der Waals surface area contributed by atoms with Crippen LogP contribution >= 0.6 is 0 Å². The zero-order valence-electron chi connectivity index (χ0n) is 13.6. The SMILES string of the molecule is CCCNCC1CCC(CC)CC1C(C)CCOC. The van der Waals surface area contributed by atoms with Crippen LogP contribution in [0.2, 0.25) is 0 Å². The van der Waals surface area contributed by atoms with Gasteiger partial charge in [-0.15, -0.1) is 0 Å². The monoisotopic (exact) mass is 269 g/mol. The molecule has 0 spiro atoms. The minimum absolute atomic E-state index is 0.808. The van der Waals surface area contributed by atoms with Crippen molar-refractivity contribution in [3.63, 3.8) is 0 Å². The molecule has 2 heteroatoms. The molecule has 0 aromatic rings. The number of hydrogen-bond donors (Lipinski definition) is 1. The van der Waals surface area contributed by atoms with Crippen molar-refractivity contribution in [2.75, 3.05) is 26.8 Å². The quantitative estimate of drug-likeness (QED) is 0.636. The summed E-state index contributed by atoms with van der Waals surface area (Å²) >= 11 is 0. The molecule has 4 unspecified atom stereocenters. The Kier molecular flexibility index (Phi) is 8.72. The van der Waals surface area contributed by atoms with E-state index < -0.39 is 0 Å². The topological polar surface area (TPSA) is 21.3 Å². The van der Waals surface area contributed by atoms with E-state index >= 15 is 0 Å². The van der Waals surface area contributed by atoms with Crippen molar-refractivity contribution in [2.45, 2.75) is 59.3 Å². The number of methoxy groups -OCH3 is 1. The molecular weight excluding hydrogens is 234 g/mol. The van der Waals surface area contributed by atoms with E-state index in [4.69, 9.17) is 4.74 Å². The van der Waals surface area contributed by atoms with Crippen LogP contribution in [0.3, 0.4) is 0 Å². The second-order valence-corrected chi connectivity index (χ2v) is 6.47. The summed E-state index contributed by atoms with van der Waals surface area (Å²) in [5.74, 6) is 3.57. The van der Waals surface area contributed by atoms with Gasteiger partial charge in [-0.05, 0) is 62.4 Å². The lowest BCUT2D eigenvalue weighted by Crippen LogP contribution is -2.36. The van der Waals surface area contributed by atoms with Gasteiger partial charge in [0.15, 0.2) is 0 Å².